The van der Waals surface area contributed by atoms with E-state index in [1.54, 1.807) is 18.4 Å². The molecule has 2 aromatic rings. The Morgan fingerprint density at radius 3 is 2.91 bits per heavy atom. The third kappa shape index (κ3) is 0.881. The van der Waals surface area contributed by atoms with Crippen LogP contribution >= 0.6 is 0 Å². The molecule has 0 aliphatic rings. The molecule has 0 atom stereocenters. The molecule has 0 amide bonds. The number of rotatable bonds is 1. The summed E-state index contributed by atoms with van der Waals surface area (Å²) in [6.45, 7) is 0. The van der Waals surface area contributed by atoms with Crippen molar-refractivity contribution in [3.63, 3.8) is 0 Å². The van der Waals surface area contributed by atoms with Crippen molar-refractivity contribution in [1.29, 1.82) is 0 Å². The number of nitrogen functional groups attached to an aromatic ring is 1. The molecule has 0 unspecified atom stereocenters. The molecular formula is C7H6N2O2. The fraction of sp³-hybridized carbons (Fsp3) is 0. The Hall–Kier alpha value is -1.71. The van der Waals surface area contributed by atoms with Crippen molar-refractivity contribution in [3.8, 4) is 11.5 Å². The van der Waals surface area contributed by atoms with E-state index in [1.165, 1.54) is 6.20 Å². The van der Waals surface area contributed by atoms with E-state index in [0.717, 1.165) is 0 Å². The topological polar surface area (TPSA) is 65.2 Å². The van der Waals surface area contributed by atoms with Gasteiger partial charge < -0.3 is 14.7 Å². The number of aromatic nitrogens is 1. The van der Waals surface area contributed by atoms with Crippen molar-refractivity contribution >= 4 is 5.69 Å². The summed E-state index contributed by atoms with van der Waals surface area (Å²) in [4.78, 5) is 0. The standard InChI is InChI=1S/C7H6N2O2/c8-5-4-9-11-7(5)6-2-1-3-10-6/h1-4H,8H2. The lowest BCUT2D eigenvalue weighted by Crippen LogP contribution is -1.82. The Labute approximate surface area is 62.6 Å². The highest BCUT2D eigenvalue weighted by Gasteiger charge is 2.09. The molecule has 0 bridgehead atoms. The molecule has 56 valence electrons. The summed E-state index contributed by atoms with van der Waals surface area (Å²) in [5.74, 6) is 1.08. The van der Waals surface area contributed by atoms with Crippen molar-refractivity contribution in [2.45, 2.75) is 0 Å². The van der Waals surface area contributed by atoms with Crippen molar-refractivity contribution < 1.29 is 8.94 Å². The van der Waals surface area contributed by atoms with E-state index in [0.29, 0.717) is 17.2 Å². The summed E-state index contributed by atoms with van der Waals surface area (Å²) >= 11 is 0. The summed E-state index contributed by atoms with van der Waals surface area (Å²) < 4.78 is 9.88. The monoisotopic (exact) mass is 150 g/mol. The van der Waals surface area contributed by atoms with Gasteiger partial charge in [-0.05, 0) is 12.1 Å². The number of furan rings is 1. The van der Waals surface area contributed by atoms with E-state index in [4.69, 9.17) is 14.7 Å². The third-order valence-electron chi connectivity index (χ3n) is 1.34. The van der Waals surface area contributed by atoms with Crippen LogP contribution in [0.3, 0.4) is 0 Å². The van der Waals surface area contributed by atoms with E-state index in [9.17, 15) is 0 Å². The smallest absolute Gasteiger partial charge is 0.224 e. The SMILES string of the molecule is Nc1cnoc1-c1ccco1. The van der Waals surface area contributed by atoms with Crippen molar-refractivity contribution in [2.24, 2.45) is 0 Å². The fourth-order valence-electron chi connectivity index (χ4n) is 0.842. The highest BCUT2D eigenvalue weighted by Crippen LogP contribution is 2.24. The van der Waals surface area contributed by atoms with Crippen LogP contribution in [0.2, 0.25) is 0 Å². The number of anilines is 1. The number of hydrogen-bond acceptors (Lipinski definition) is 4. The maximum atomic E-state index is 5.52. The molecule has 4 nitrogen and oxygen atoms in total. The van der Waals surface area contributed by atoms with Crippen molar-refractivity contribution in [1.82, 2.24) is 5.16 Å². The van der Waals surface area contributed by atoms with E-state index >= 15 is 0 Å². The maximum absolute atomic E-state index is 5.52. The zero-order chi connectivity index (χ0) is 7.68. The fourth-order valence-corrected chi connectivity index (χ4v) is 0.842. The van der Waals surface area contributed by atoms with Crippen LogP contribution in [0.25, 0.3) is 11.5 Å². The molecule has 0 spiro atoms. The lowest BCUT2D eigenvalue weighted by atomic mass is 10.3. The molecule has 0 fully saturated rings. The van der Waals surface area contributed by atoms with Crippen LogP contribution in [0.5, 0.6) is 0 Å². The first-order valence-corrected chi connectivity index (χ1v) is 3.12. The van der Waals surface area contributed by atoms with Crippen LogP contribution in [0.4, 0.5) is 5.69 Å². The average molecular weight is 150 g/mol. The number of nitrogens with zero attached hydrogens (tertiary/aromatic N) is 1. The van der Waals surface area contributed by atoms with Gasteiger partial charge in [0.1, 0.15) is 5.69 Å². The van der Waals surface area contributed by atoms with Crippen LogP contribution < -0.4 is 5.73 Å². The van der Waals surface area contributed by atoms with Crippen LogP contribution in [0.15, 0.2) is 33.5 Å². The summed E-state index contributed by atoms with van der Waals surface area (Å²) in [7, 11) is 0. The average Bonchev–Trinajstić information content (AvgIpc) is 2.55. The minimum absolute atomic E-state index is 0.481. The van der Waals surface area contributed by atoms with E-state index in [-0.39, 0.29) is 0 Å². The Bertz CT molecular complexity index is 337. The number of nitrogens with two attached hydrogens (primary N) is 1. The van der Waals surface area contributed by atoms with Gasteiger partial charge in [0.15, 0.2) is 5.76 Å². The number of hydrogen-bond donors (Lipinski definition) is 1. The Morgan fingerprint density at radius 1 is 1.45 bits per heavy atom. The van der Waals surface area contributed by atoms with Crippen LogP contribution in [-0.2, 0) is 0 Å². The zero-order valence-electron chi connectivity index (χ0n) is 5.65. The molecule has 2 rings (SSSR count). The van der Waals surface area contributed by atoms with E-state index < -0.39 is 0 Å². The molecule has 0 saturated heterocycles. The van der Waals surface area contributed by atoms with Gasteiger partial charge in [-0.1, -0.05) is 5.16 Å². The Morgan fingerprint density at radius 2 is 2.36 bits per heavy atom. The second kappa shape index (κ2) is 2.16. The third-order valence-corrected chi connectivity index (χ3v) is 1.34. The summed E-state index contributed by atoms with van der Waals surface area (Å²) in [5, 5.41) is 3.52. The van der Waals surface area contributed by atoms with Gasteiger partial charge in [0.2, 0.25) is 5.76 Å². The van der Waals surface area contributed by atoms with Gasteiger partial charge in [0.25, 0.3) is 0 Å². The highest BCUT2D eigenvalue weighted by atomic mass is 16.5. The van der Waals surface area contributed by atoms with Gasteiger partial charge in [-0.25, -0.2) is 0 Å². The molecule has 2 aromatic heterocycles. The first kappa shape index (κ1) is 6.03. The normalized spacial score (nSPS) is 10.2. The maximum Gasteiger partial charge on any atom is 0.224 e. The predicted octanol–water partition coefficient (Wildman–Crippen LogP) is 1.52. The molecule has 0 aliphatic heterocycles. The zero-order valence-corrected chi connectivity index (χ0v) is 5.65. The van der Waals surface area contributed by atoms with Crippen LogP contribution in [0.1, 0.15) is 0 Å². The molecular weight excluding hydrogens is 144 g/mol. The molecule has 4 heteroatoms. The first-order chi connectivity index (χ1) is 5.38. The Kier molecular flexibility index (Phi) is 1.18. The van der Waals surface area contributed by atoms with Gasteiger partial charge in [0, 0.05) is 0 Å². The summed E-state index contributed by atoms with van der Waals surface area (Å²) in [6.07, 6.45) is 3.00. The predicted molar refractivity (Wildman–Crippen MR) is 38.6 cm³/mol. The highest BCUT2D eigenvalue weighted by molar-refractivity contribution is 5.65. The Balaban J connectivity index is 2.53. The molecule has 11 heavy (non-hydrogen) atoms. The van der Waals surface area contributed by atoms with Crippen molar-refractivity contribution in [2.75, 3.05) is 5.73 Å². The molecule has 0 aromatic carbocycles. The van der Waals surface area contributed by atoms with Crippen LogP contribution in [0, 0.1) is 0 Å². The second-order valence-corrected chi connectivity index (χ2v) is 2.09. The molecule has 0 saturated carbocycles. The molecule has 2 N–H and O–H groups in total. The first-order valence-electron chi connectivity index (χ1n) is 3.12. The summed E-state index contributed by atoms with van der Waals surface area (Å²) in [5.41, 5.74) is 6.00. The van der Waals surface area contributed by atoms with Gasteiger partial charge in [-0.2, -0.15) is 0 Å². The molecule has 0 aliphatic carbocycles. The lowest BCUT2D eigenvalue weighted by molar-refractivity contribution is 0.418. The largest absolute Gasteiger partial charge is 0.461 e. The van der Waals surface area contributed by atoms with Crippen LogP contribution in [-0.4, -0.2) is 5.16 Å². The molecule has 2 heterocycles. The quantitative estimate of drug-likeness (QED) is 0.669. The van der Waals surface area contributed by atoms with Gasteiger partial charge in [-0.15, -0.1) is 0 Å². The van der Waals surface area contributed by atoms with E-state index in [2.05, 4.69) is 5.16 Å². The van der Waals surface area contributed by atoms with Gasteiger partial charge >= 0.3 is 0 Å². The second-order valence-electron chi connectivity index (χ2n) is 2.09. The summed E-state index contributed by atoms with van der Waals surface area (Å²) in [6, 6.07) is 3.52. The van der Waals surface area contributed by atoms with E-state index in [1.807, 2.05) is 0 Å². The van der Waals surface area contributed by atoms with Gasteiger partial charge in [0.05, 0.1) is 12.5 Å². The van der Waals surface area contributed by atoms with Crippen molar-refractivity contribution in [3.05, 3.63) is 24.6 Å². The van der Waals surface area contributed by atoms with Gasteiger partial charge in [-0.3, -0.25) is 0 Å². The minimum atomic E-state index is 0.481. The lowest BCUT2D eigenvalue weighted by Gasteiger charge is -1.87. The molecule has 0 radical (unpaired) electrons. The minimum Gasteiger partial charge on any atom is -0.461 e.